The van der Waals surface area contributed by atoms with Crippen LogP contribution in [0.2, 0.25) is 0 Å². The molecule has 2 atom stereocenters. The summed E-state index contributed by atoms with van der Waals surface area (Å²) in [6.07, 6.45) is 0.997. The SMILES string of the molecule is CC(C1CCOC1)N1CN(C)CN(C)/C1=N\[N+](=O)[O-]. The number of rotatable bonds is 3. The van der Waals surface area contributed by atoms with Gasteiger partial charge in [0, 0.05) is 25.6 Å². The van der Waals surface area contributed by atoms with Gasteiger partial charge in [0.25, 0.3) is 5.96 Å². The molecule has 0 bridgehead atoms. The minimum atomic E-state index is -0.623. The van der Waals surface area contributed by atoms with E-state index in [2.05, 4.69) is 16.9 Å². The second kappa shape index (κ2) is 5.70. The Hall–Kier alpha value is -1.41. The number of ether oxygens (including phenoxy) is 1. The van der Waals surface area contributed by atoms with Crippen molar-refractivity contribution in [2.45, 2.75) is 19.4 Å². The third-order valence-corrected chi connectivity index (χ3v) is 3.76. The Bertz CT molecular complexity index is 369. The lowest BCUT2D eigenvalue weighted by Gasteiger charge is -2.44. The van der Waals surface area contributed by atoms with Crippen LogP contribution in [-0.4, -0.2) is 72.4 Å². The second-order valence-corrected chi connectivity index (χ2v) is 5.31. The van der Waals surface area contributed by atoms with Crippen LogP contribution in [0, 0.1) is 16.0 Å². The highest BCUT2D eigenvalue weighted by Crippen LogP contribution is 2.23. The maximum Gasteiger partial charge on any atom is 0.276 e. The van der Waals surface area contributed by atoms with Gasteiger partial charge in [-0.3, -0.25) is 4.90 Å². The van der Waals surface area contributed by atoms with Crippen molar-refractivity contribution in [3.8, 4) is 0 Å². The molecule has 2 unspecified atom stereocenters. The minimum Gasteiger partial charge on any atom is -0.381 e. The molecule has 0 amide bonds. The maximum atomic E-state index is 10.7. The van der Waals surface area contributed by atoms with E-state index >= 15 is 0 Å². The highest BCUT2D eigenvalue weighted by molar-refractivity contribution is 5.80. The predicted molar refractivity (Wildman–Crippen MR) is 69.9 cm³/mol. The van der Waals surface area contributed by atoms with Crippen molar-refractivity contribution in [3.63, 3.8) is 0 Å². The molecule has 2 saturated heterocycles. The lowest BCUT2D eigenvalue weighted by atomic mass is 9.99. The summed E-state index contributed by atoms with van der Waals surface area (Å²) >= 11 is 0. The molecule has 108 valence electrons. The zero-order valence-corrected chi connectivity index (χ0v) is 11.7. The number of nitro groups is 1. The van der Waals surface area contributed by atoms with Crippen molar-refractivity contribution in [1.29, 1.82) is 0 Å². The first kappa shape index (κ1) is 14.0. The Morgan fingerprint density at radius 3 is 2.79 bits per heavy atom. The molecule has 0 aromatic rings. The van der Waals surface area contributed by atoms with Gasteiger partial charge in [0.05, 0.1) is 19.9 Å². The Labute approximate surface area is 112 Å². The summed E-state index contributed by atoms with van der Waals surface area (Å²) in [5.41, 5.74) is 0. The van der Waals surface area contributed by atoms with Gasteiger partial charge in [-0.15, -0.1) is 0 Å². The van der Waals surface area contributed by atoms with E-state index in [0.29, 0.717) is 25.2 Å². The molecule has 0 aromatic carbocycles. The molecule has 0 saturated carbocycles. The van der Waals surface area contributed by atoms with Gasteiger partial charge in [0.1, 0.15) is 5.10 Å². The van der Waals surface area contributed by atoms with Gasteiger partial charge in [-0.1, -0.05) is 0 Å². The van der Waals surface area contributed by atoms with E-state index in [-0.39, 0.29) is 6.04 Å². The number of hydrogen-bond donors (Lipinski definition) is 0. The fourth-order valence-electron chi connectivity index (χ4n) is 2.72. The van der Waals surface area contributed by atoms with E-state index < -0.39 is 5.03 Å². The highest BCUT2D eigenvalue weighted by atomic mass is 16.7. The summed E-state index contributed by atoms with van der Waals surface area (Å²) in [6, 6.07) is 0.173. The first-order valence-corrected chi connectivity index (χ1v) is 6.46. The molecule has 2 heterocycles. The Balaban J connectivity index is 2.19. The van der Waals surface area contributed by atoms with Crippen molar-refractivity contribution in [2.24, 2.45) is 11.0 Å². The molecule has 0 aromatic heterocycles. The van der Waals surface area contributed by atoms with Gasteiger partial charge in [-0.2, -0.15) is 0 Å². The monoisotopic (exact) mass is 271 g/mol. The molecular weight excluding hydrogens is 250 g/mol. The first-order valence-electron chi connectivity index (χ1n) is 6.46. The molecular formula is C11H21N5O3. The van der Waals surface area contributed by atoms with Crippen LogP contribution < -0.4 is 0 Å². The van der Waals surface area contributed by atoms with E-state index in [0.717, 1.165) is 19.6 Å². The van der Waals surface area contributed by atoms with Crippen LogP contribution in [0.1, 0.15) is 13.3 Å². The second-order valence-electron chi connectivity index (χ2n) is 5.31. The third kappa shape index (κ3) is 3.13. The Morgan fingerprint density at radius 1 is 1.47 bits per heavy atom. The minimum absolute atomic E-state index is 0.173. The molecule has 19 heavy (non-hydrogen) atoms. The highest BCUT2D eigenvalue weighted by Gasteiger charge is 2.35. The molecule has 0 aliphatic carbocycles. The fraction of sp³-hybridized carbons (Fsp3) is 0.909. The Morgan fingerprint density at radius 2 is 2.21 bits per heavy atom. The quantitative estimate of drug-likeness (QED) is 0.533. The molecule has 2 fully saturated rings. The number of hydrazone groups is 1. The number of guanidine groups is 1. The lowest BCUT2D eigenvalue weighted by molar-refractivity contribution is -0.486. The van der Waals surface area contributed by atoms with Crippen molar-refractivity contribution in [2.75, 3.05) is 40.6 Å². The first-order chi connectivity index (χ1) is 8.99. The van der Waals surface area contributed by atoms with Crippen LogP contribution in [-0.2, 0) is 4.74 Å². The van der Waals surface area contributed by atoms with Crippen molar-refractivity contribution in [3.05, 3.63) is 10.1 Å². The van der Waals surface area contributed by atoms with Gasteiger partial charge in [0.2, 0.25) is 0 Å². The molecule has 0 radical (unpaired) electrons. The van der Waals surface area contributed by atoms with E-state index in [1.54, 1.807) is 4.90 Å². The van der Waals surface area contributed by atoms with Crippen LogP contribution >= 0.6 is 0 Å². The van der Waals surface area contributed by atoms with Crippen LogP contribution in [0.15, 0.2) is 5.10 Å². The molecule has 2 rings (SSSR count). The summed E-state index contributed by atoms with van der Waals surface area (Å²) in [5.74, 6) is 0.833. The van der Waals surface area contributed by atoms with Gasteiger partial charge < -0.3 is 14.5 Å². The molecule has 8 nitrogen and oxygen atoms in total. The van der Waals surface area contributed by atoms with Crippen LogP contribution in [0.4, 0.5) is 0 Å². The normalized spacial score (nSPS) is 29.0. The summed E-state index contributed by atoms with van der Waals surface area (Å²) in [6.45, 7) is 4.86. The zero-order chi connectivity index (χ0) is 14.0. The third-order valence-electron chi connectivity index (χ3n) is 3.76. The van der Waals surface area contributed by atoms with E-state index in [1.807, 2.05) is 19.0 Å². The lowest BCUT2D eigenvalue weighted by Crippen LogP contribution is -2.60. The van der Waals surface area contributed by atoms with E-state index in [4.69, 9.17) is 4.74 Å². The molecule has 0 spiro atoms. The summed E-state index contributed by atoms with van der Waals surface area (Å²) in [4.78, 5) is 16.6. The zero-order valence-electron chi connectivity index (χ0n) is 11.7. The number of hydrogen-bond acceptors (Lipinski definition) is 4. The maximum absolute atomic E-state index is 10.7. The molecule has 2 aliphatic rings. The summed E-state index contributed by atoms with van der Waals surface area (Å²) in [5, 5.41) is 13.6. The predicted octanol–water partition coefficient (Wildman–Crippen LogP) is 0.0533. The average Bonchev–Trinajstić information content (AvgIpc) is 2.84. The van der Waals surface area contributed by atoms with Crippen LogP contribution in [0.3, 0.4) is 0 Å². The van der Waals surface area contributed by atoms with Gasteiger partial charge >= 0.3 is 0 Å². The van der Waals surface area contributed by atoms with Gasteiger partial charge in [-0.05, 0) is 20.4 Å². The number of nitrogens with zero attached hydrogens (tertiary/aromatic N) is 5. The van der Waals surface area contributed by atoms with Gasteiger partial charge in [0.15, 0.2) is 5.03 Å². The Kier molecular flexibility index (Phi) is 4.20. The average molecular weight is 271 g/mol. The smallest absolute Gasteiger partial charge is 0.276 e. The fourth-order valence-corrected chi connectivity index (χ4v) is 2.72. The largest absolute Gasteiger partial charge is 0.381 e. The van der Waals surface area contributed by atoms with Gasteiger partial charge in [-0.25, -0.2) is 10.1 Å². The van der Waals surface area contributed by atoms with Crippen molar-refractivity contribution in [1.82, 2.24) is 14.7 Å². The van der Waals surface area contributed by atoms with Crippen LogP contribution in [0.25, 0.3) is 0 Å². The van der Waals surface area contributed by atoms with E-state index in [9.17, 15) is 10.1 Å². The van der Waals surface area contributed by atoms with Crippen molar-refractivity contribution < 1.29 is 9.77 Å². The molecule has 8 heteroatoms. The van der Waals surface area contributed by atoms with Crippen molar-refractivity contribution >= 4 is 5.96 Å². The van der Waals surface area contributed by atoms with E-state index in [1.165, 1.54) is 0 Å². The molecule has 0 N–H and O–H groups in total. The van der Waals surface area contributed by atoms with Crippen LogP contribution in [0.5, 0.6) is 0 Å². The standard InChI is InChI=1S/C11H21N5O3/c1-9(10-4-5-19-6-10)15-8-13(2)7-14(3)11(15)12-16(17)18/h9-10H,4-8H2,1-3H3/b12-11+. The summed E-state index contributed by atoms with van der Waals surface area (Å²) < 4.78 is 5.41. The summed E-state index contributed by atoms with van der Waals surface area (Å²) in [7, 11) is 3.81. The molecule has 2 aliphatic heterocycles. The topological polar surface area (TPSA) is 74.5 Å².